The van der Waals surface area contributed by atoms with Crippen LogP contribution in [0.4, 0.5) is 0 Å². The maximum atomic E-state index is 10.1. The van der Waals surface area contributed by atoms with E-state index in [2.05, 4.69) is 11.1 Å². The Balaban J connectivity index is 0. The summed E-state index contributed by atoms with van der Waals surface area (Å²) >= 11 is 0. The smallest absolute Gasteiger partial charge is 0.726 e. The molecule has 0 heterocycles. The zero-order valence-corrected chi connectivity index (χ0v) is 19.8. The van der Waals surface area contributed by atoms with Crippen molar-refractivity contribution in [3.8, 4) is 0 Å². The van der Waals surface area contributed by atoms with E-state index in [1.165, 1.54) is 38.5 Å². The number of hydrogen-bond donors (Lipinski definition) is 0. The normalized spacial score (nSPS) is 11.5. The summed E-state index contributed by atoms with van der Waals surface area (Å²) in [6, 6.07) is 0. The van der Waals surface area contributed by atoms with E-state index in [-0.39, 0.29) is 42.8 Å². The van der Waals surface area contributed by atoms with Gasteiger partial charge in [-0.25, -0.2) is 8.42 Å². The molecule has 0 atom stereocenters. The van der Waals surface area contributed by atoms with Gasteiger partial charge in [0.25, 0.3) is 0 Å². The van der Waals surface area contributed by atoms with Gasteiger partial charge in [-0.15, -0.1) is 0 Å². The Morgan fingerprint density at radius 2 is 0.963 bits per heavy atom. The minimum Gasteiger partial charge on any atom is -0.726 e. The molecule has 0 aliphatic carbocycles. The van der Waals surface area contributed by atoms with Crippen molar-refractivity contribution >= 4 is 10.4 Å². The van der Waals surface area contributed by atoms with Crippen LogP contribution in [0.5, 0.6) is 0 Å². The number of rotatable bonds is 21. The number of hydrogen-bond acceptors (Lipinski definition) is 8. The molecule has 27 heavy (non-hydrogen) atoms. The molecular formula is C17H35NaO8S. The fourth-order valence-electron chi connectivity index (χ4n) is 2.12. The summed E-state index contributed by atoms with van der Waals surface area (Å²) in [6.07, 6.45) is 8.95. The summed E-state index contributed by atoms with van der Waals surface area (Å²) in [6.45, 7) is 5.51. The molecule has 0 fully saturated rings. The third-order valence-corrected chi connectivity index (χ3v) is 3.92. The first-order valence-corrected chi connectivity index (χ1v) is 10.8. The fourth-order valence-corrected chi connectivity index (χ4v) is 2.39. The molecule has 158 valence electrons. The molecule has 0 rings (SSSR count). The van der Waals surface area contributed by atoms with Gasteiger partial charge in [-0.1, -0.05) is 45.4 Å². The third kappa shape index (κ3) is 29.0. The quantitative estimate of drug-likeness (QED) is 0.103. The second-order valence-electron chi connectivity index (χ2n) is 5.80. The van der Waals surface area contributed by atoms with E-state index in [1.807, 2.05) is 0 Å². The molecular weight excluding hydrogens is 387 g/mol. The van der Waals surface area contributed by atoms with Crippen molar-refractivity contribution in [1.82, 2.24) is 0 Å². The Hall–Kier alpha value is 0.710. The van der Waals surface area contributed by atoms with E-state index in [0.717, 1.165) is 13.0 Å². The molecule has 0 spiro atoms. The minimum atomic E-state index is -4.64. The molecule has 0 aromatic heterocycles. The molecule has 0 bridgehead atoms. The van der Waals surface area contributed by atoms with Crippen molar-refractivity contribution in [3.05, 3.63) is 0 Å². The average molecular weight is 423 g/mol. The Kier molecular flexibility index (Phi) is 25.5. The van der Waals surface area contributed by atoms with Gasteiger partial charge in [0, 0.05) is 6.61 Å². The first kappa shape index (κ1) is 29.9. The summed E-state index contributed by atoms with van der Waals surface area (Å²) in [5.41, 5.74) is 0. The van der Waals surface area contributed by atoms with E-state index in [9.17, 15) is 13.0 Å². The van der Waals surface area contributed by atoms with E-state index in [0.29, 0.717) is 39.6 Å². The van der Waals surface area contributed by atoms with Gasteiger partial charge in [0.15, 0.2) is 0 Å². The van der Waals surface area contributed by atoms with Crippen molar-refractivity contribution in [3.63, 3.8) is 0 Å². The van der Waals surface area contributed by atoms with Crippen LogP contribution in [0, 0.1) is 0 Å². The Labute approximate surface area is 186 Å². The zero-order chi connectivity index (χ0) is 19.3. The Bertz CT molecular complexity index is 381. The summed E-state index contributed by atoms with van der Waals surface area (Å²) < 4.78 is 55.6. The van der Waals surface area contributed by atoms with Gasteiger partial charge in [0.05, 0.1) is 52.9 Å². The van der Waals surface area contributed by atoms with E-state index in [1.54, 1.807) is 0 Å². The number of unbranched alkanes of at least 4 members (excludes halogenated alkanes) is 6. The van der Waals surface area contributed by atoms with Crippen molar-refractivity contribution in [2.75, 3.05) is 59.5 Å². The SMILES string of the molecule is CCCCCCCCCOCCOCCOCCOCCOS(=O)(=O)[O-].[Na+]. The van der Waals surface area contributed by atoms with Crippen LogP contribution in [0.25, 0.3) is 0 Å². The monoisotopic (exact) mass is 422 g/mol. The van der Waals surface area contributed by atoms with Gasteiger partial charge in [-0.3, -0.25) is 4.18 Å². The van der Waals surface area contributed by atoms with Crippen LogP contribution in [0.15, 0.2) is 0 Å². The van der Waals surface area contributed by atoms with Gasteiger partial charge < -0.3 is 23.5 Å². The van der Waals surface area contributed by atoms with Gasteiger partial charge in [0.1, 0.15) is 0 Å². The van der Waals surface area contributed by atoms with Gasteiger partial charge >= 0.3 is 29.6 Å². The second-order valence-corrected chi connectivity index (χ2v) is 6.85. The average Bonchev–Trinajstić information content (AvgIpc) is 2.59. The van der Waals surface area contributed by atoms with Crippen molar-refractivity contribution in [2.24, 2.45) is 0 Å². The van der Waals surface area contributed by atoms with Gasteiger partial charge in [-0.2, -0.15) is 0 Å². The summed E-state index contributed by atoms with van der Waals surface area (Å²) in [7, 11) is -4.64. The summed E-state index contributed by atoms with van der Waals surface area (Å²) in [5.74, 6) is 0. The molecule has 8 nitrogen and oxygen atoms in total. The summed E-state index contributed by atoms with van der Waals surface area (Å²) in [4.78, 5) is 0. The maximum Gasteiger partial charge on any atom is 1.00 e. The van der Waals surface area contributed by atoms with E-state index < -0.39 is 10.4 Å². The summed E-state index contributed by atoms with van der Waals surface area (Å²) in [5, 5.41) is 0. The maximum absolute atomic E-state index is 10.1. The molecule has 0 aliphatic heterocycles. The molecule has 0 radical (unpaired) electrons. The van der Waals surface area contributed by atoms with E-state index in [4.69, 9.17) is 18.9 Å². The predicted molar refractivity (Wildman–Crippen MR) is 96.9 cm³/mol. The third-order valence-electron chi connectivity index (χ3n) is 3.46. The minimum absolute atomic E-state index is 0. The fraction of sp³-hybridized carbons (Fsp3) is 1.00. The standard InChI is InChI=1S/C17H36O8S.Na/c1-2-3-4-5-6-7-8-9-21-10-11-22-12-13-23-14-15-24-16-17-25-26(18,19)20;/h2-17H2,1H3,(H,18,19,20);/q;+1/p-1. The van der Waals surface area contributed by atoms with Crippen LogP contribution < -0.4 is 29.6 Å². The molecule has 0 aromatic rings. The molecule has 0 saturated heterocycles. The Morgan fingerprint density at radius 3 is 1.41 bits per heavy atom. The molecule has 0 unspecified atom stereocenters. The predicted octanol–water partition coefficient (Wildman–Crippen LogP) is -0.716. The Morgan fingerprint density at radius 1 is 0.593 bits per heavy atom. The molecule has 0 saturated carbocycles. The van der Waals surface area contributed by atoms with Crippen molar-refractivity contribution < 1.29 is 65.7 Å². The molecule has 0 amide bonds. The van der Waals surface area contributed by atoms with Crippen LogP contribution >= 0.6 is 0 Å². The molecule has 0 aliphatic rings. The van der Waals surface area contributed by atoms with Crippen molar-refractivity contribution in [2.45, 2.75) is 51.9 Å². The molecule has 0 N–H and O–H groups in total. The van der Waals surface area contributed by atoms with Crippen LogP contribution in [0.3, 0.4) is 0 Å². The zero-order valence-electron chi connectivity index (χ0n) is 17.0. The van der Waals surface area contributed by atoms with Crippen LogP contribution in [-0.4, -0.2) is 72.4 Å². The second kappa shape index (κ2) is 23.0. The largest absolute Gasteiger partial charge is 1.00 e. The van der Waals surface area contributed by atoms with Crippen LogP contribution in [0.1, 0.15) is 51.9 Å². The van der Waals surface area contributed by atoms with Gasteiger partial charge in [-0.05, 0) is 6.42 Å². The topological polar surface area (TPSA) is 103 Å². The van der Waals surface area contributed by atoms with Crippen LogP contribution in [-0.2, 0) is 33.5 Å². The number of ether oxygens (including phenoxy) is 4. The molecule has 0 aromatic carbocycles. The van der Waals surface area contributed by atoms with E-state index >= 15 is 0 Å². The van der Waals surface area contributed by atoms with Gasteiger partial charge in [0.2, 0.25) is 10.4 Å². The first-order valence-electron chi connectivity index (χ1n) is 9.47. The molecule has 10 heteroatoms. The van der Waals surface area contributed by atoms with Crippen LogP contribution in [0.2, 0.25) is 0 Å². The first-order chi connectivity index (χ1) is 12.6. The van der Waals surface area contributed by atoms with Crippen molar-refractivity contribution in [1.29, 1.82) is 0 Å².